The van der Waals surface area contributed by atoms with Crippen molar-refractivity contribution in [2.24, 2.45) is 0 Å². The summed E-state index contributed by atoms with van der Waals surface area (Å²) in [7, 11) is 1.43. The molecule has 1 aliphatic heterocycles. The molecule has 1 saturated heterocycles. The SMILES string of the molecule is CO[C@H]1CN(C(C)=O)CCCN(C(=O)c2nccnc2C)CCCCOC[C@H](O)[C@@H]1O. The molecule has 10 heteroatoms. The highest BCUT2D eigenvalue weighted by Crippen LogP contribution is 2.12. The summed E-state index contributed by atoms with van der Waals surface area (Å²) >= 11 is 0. The van der Waals surface area contributed by atoms with Crippen molar-refractivity contribution in [3.8, 4) is 0 Å². The van der Waals surface area contributed by atoms with Crippen LogP contribution in [-0.2, 0) is 14.3 Å². The fourth-order valence-corrected chi connectivity index (χ4v) is 3.51. The highest BCUT2D eigenvalue weighted by molar-refractivity contribution is 5.93. The third kappa shape index (κ3) is 7.49. The number of carbonyl (C=O) groups excluding carboxylic acids is 2. The maximum Gasteiger partial charge on any atom is 0.274 e. The van der Waals surface area contributed by atoms with E-state index in [0.29, 0.717) is 56.9 Å². The van der Waals surface area contributed by atoms with Gasteiger partial charge >= 0.3 is 0 Å². The Kier molecular flexibility index (Phi) is 10.3. The molecule has 0 bridgehead atoms. The van der Waals surface area contributed by atoms with Crippen LogP contribution in [0.25, 0.3) is 0 Å². The van der Waals surface area contributed by atoms with Crippen molar-refractivity contribution in [2.45, 2.75) is 51.4 Å². The minimum absolute atomic E-state index is 0.0391. The Morgan fingerprint density at radius 3 is 2.45 bits per heavy atom. The molecule has 0 unspecified atom stereocenters. The number of hydrogen-bond acceptors (Lipinski definition) is 8. The standard InChI is InChI=1S/C21H34N4O6/c1-15-19(23-8-7-22-15)21(29)24-9-4-5-12-31-14-17(27)20(28)18(30-3)13-25(16(2)26)11-6-10-24/h7-8,17-18,20,27-28H,4-6,9-14H2,1-3H3/t17-,18-,20-/m0/s1. The van der Waals surface area contributed by atoms with E-state index in [1.165, 1.54) is 20.2 Å². The second-order valence-electron chi connectivity index (χ2n) is 7.72. The molecule has 1 aromatic heterocycles. The zero-order valence-electron chi connectivity index (χ0n) is 18.6. The monoisotopic (exact) mass is 438 g/mol. The lowest BCUT2D eigenvalue weighted by Gasteiger charge is -2.31. The molecule has 2 amide bonds. The van der Waals surface area contributed by atoms with Gasteiger partial charge in [0, 0.05) is 59.2 Å². The Hall–Kier alpha value is -2.14. The molecule has 0 saturated carbocycles. The second-order valence-corrected chi connectivity index (χ2v) is 7.72. The van der Waals surface area contributed by atoms with Crippen LogP contribution in [0.5, 0.6) is 0 Å². The number of aryl methyl sites for hydroxylation is 1. The van der Waals surface area contributed by atoms with Gasteiger partial charge in [0.05, 0.1) is 12.3 Å². The van der Waals surface area contributed by atoms with E-state index < -0.39 is 18.3 Å². The largest absolute Gasteiger partial charge is 0.388 e. The van der Waals surface area contributed by atoms with Crippen molar-refractivity contribution in [3.63, 3.8) is 0 Å². The Morgan fingerprint density at radius 2 is 1.77 bits per heavy atom. The number of amides is 2. The number of nitrogens with zero attached hydrogens (tertiary/aromatic N) is 4. The van der Waals surface area contributed by atoms with Crippen molar-refractivity contribution in [1.82, 2.24) is 19.8 Å². The lowest BCUT2D eigenvalue weighted by atomic mass is 10.1. The molecule has 0 spiro atoms. The summed E-state index contributed by atoms with van der Waals surface area (Å²) in [5.74, 6) is -0.363. The van der Waals surface area contributed by atoms with Gasteiger partial charge < -0.3 is 29.5 Å². The molecular formula is C21H34N4O6. The average Bonchev–Trinajstić information content (AvgIpc) is 2.75. The number of aliphatic hydroxyl groups is 2. The van der Waals surface area contributed by atoms with E-state index >= 15 is 0 Å². The van der Waals surface area contributed by atoms with Crippen LogP contribution in [0.2, 0.25) is 0 Å². The molecule has 0 aliphatic carbocycles. The van der Waals surface area contributed by atoms with E-state index in [9.17, 15) is 19.8 Å². The lowest BCUT2D eigenvalue weighted by molar-refractivity contribution is -0.136. The molecular weight excluding hydrogens is 404 g/mol. The first-order valence-corrected chi connectivity index (χ1v) is 10.6. The maximum absolute atomic E-state index is 13.0. The third-order valence-corrected chi connectivity index (χ3v) is 5.41. The number of rotatable bonds is 2. The van der Waals surface area contributed by atoms with Crippen molar-refractivity contribution < 1.29 is 29.3 Å². The highest BCUT2D eigenvalue weighted by atomic mass is 16.5. The van der Waals surface area contributed by atoms with Gasteiger partial charge in [-0.05, 0) is 26.2 Å². The Morgan fingerprint density at radius 1 is 1.10 bits per heavy atom. The van der Waals surface area contributed by atoms with E-state index in [4.69, 9.17) is 9.47 Å². The van der Waals surface area contributed by atoms with Crippen molar-refractivity contribution in [2.75, 3.05) is 46.5 Å². The minimum Gasteiger partial charge on any atom is -0.388 e. The topological polar surface area (TPSA) is 125 Å². The first-order valence-electron chi connectivity index (χ1n) is 10.6. The number of aliphatic hydroxyl groups excluding tert-OH is 2. The van der Waals surface area contributed by atoms with Gasteiger partial charge in [-0.1, -0.05) is 0 Å². The maximum atomic E-state index is 13.0. The average molecular weight is 439 g/mol. The number of methoxy groups -OCH3 is 1. The summed E-state index contributed by atoms with van der Waals surface area (Å²) in [6.45, 7) is 5.03. The van der Waals surface area contributed by atoms with Gasteiger partial charge in [-0.15, -0.1) is 0 Å². The summed E-state index contributed by atoms with van der Waals surface area (Å²) in [5.41, 5.74) is 0.897. The van der Waals surface area contributed by atoms with Crippen LogP contribution in [0.1, 0.15) is 42.4 Å². The number of hydrogen-bond donors (Lipinski definition) is 2. The van der Waals surface area contributed by atoms with E-state index in [0.717, 1.165) is 0 Å². The summed E-state index contributed by atoms with van der Waals surface area (Å²) in [6, 6.07) is 0. The fourth-order valence-electron chi connectivity index (χ4n) is 3.51. The Balaban J connectivity index is 2.15. The van der Waals surface area contributed by atoms with Gasteiger partial charge in [-0.2, -0.15) is 0 Å². The first kappa shape index (κ1) is 25.1. The molecule has 3 atom stereocenters. The van der Waals surface area contributed by atoms with Crippen molar-refractivity contribution in [3.05, 3.63) is 23.8 Å². The Bertz CT molecular complexity index is 719. The highest BCUT2D eigenvalue weighted by Gasteiger charge is 2.29. The fraction of sp³-hybridized carbons (Fsp3) is 0.714. The van der Waals surface area contributed by atoms with E-state index in [1.54, 1.807) is 22.9 Å². The molecule has 2 N–H and O–H groups in total. The van der Waals surface area contributed by atoms with Crippen LogP contribution in [0.3, 0.4) is 0 Å². The summed E-state index contributed by atoms with van der Waals surface area (Å²) in [6.07, 6.45) is 1.94. The summed E-state index contributed by atoms with van der Waals surface area (Å²) in [5, 5.41) is 20.6. The zero-order valence-corrected chi connectivity index (χ0v) is 18.6. The van der Waals surface area contributed by atoms with E-state index in [1.807, 2.05) is 0 Å². The molecule has 10 nitrogen and oxygen atoms in total. The normalized spacial score (nSPS) is 24.9. The van der Waals surface area contributed by atoms with Crippen molar-refractivity contribution >= 4 is 11.8 Å². The van der Waals surface area contributed by atoms with Crippen LogP contribution in [-0.4, -0.2) is 107 Å². The third-order valence-electron chi connectivity index (χ3n) is 5.41. The number of aromatic nitrogens is 2. The zero-order chi connectivity index (χ0) is 22.8. The summed E-state index contributed by atoms with van der Waals surface area (Å²) in [4.78, 5) is 36.8. The molecule has 2 rings (SSSR count). The summed E-state index contributed by atoms with van der Waals surface area (Å²) < 4.78 is 10.8. The van der Waals surface area contributed by atoms with Crippen LogP contribution in [0.15, 0.2) is 12.4 Å². The van der Waals surface area contributed by atoms with Crippen LogP contribution in [0, 0.1) is 6.92 Å². The van der Waals surface area contributed by atoms with E-state index in [2.05, 4.69) is 9.97 Å². The van der Waals surface area contributed by atoms with Gasteiger partial charge in [0.2, 0.25) is 5.91 Å². The van der Waals surface area contributed by atoms with E-state index in [-0.39, 0.29) is 25.0 Å². The minimum atomic E-state index is -1.19. The predicted octanol–water partition coefficient (Wildman–Crippen LogP) is 0.0130. The molecule has 174 valence electrons. The van der Waals surface area contributed by atoms with Crippen LogP contribution in [0.4, 0.5) is 0 Å². The van der Waals surface area contributed by atoms with Gasteiger partial charge in [0.1, 0.15) is 24.0 Å². The molecule has 2 heterocycles. The smallest absolute Gasteiger partial charge is 0.274 e. The Labute approximate surface area is 183 Å². The molecule has 0 aromatic carbocycles. The molecule has 0 radical (unpaired) electrons. The van der Waals surface area contributed by atoms with Gasteiger partial charge in [-0.25, -0.2) is 4.98 Å². The number of carbonyl (C=O) groups is 2. The van der Waals surface area contributed by atoms with Crippen LogP contribution >= 0.6 is 0 Å². The lowest BCUT2D eigenvalue weighted by Crippen LogP contribution is -2.48. The molecule has 1 aliphatic rings. The molecule has 1 aromatic rings. The van der Waals surface area contributed by atoms with Gasteiger partial charge in [0.15, 0.2) is 0 Å². The first-order chi connectivity index (χ1) is 14.8. The quantitative estimate of drug-likeness (QED) is 0.662. The van der Waals surface area contributed by atoms with Gasteiger partial charge in [0.25, 0.3) is 5.91 Å². The van der Waals surface area contributed by atoms with Gasteiger partial charge in [-0.3, -0.25) is 14.6 Å². The van der Waals surface area contributed by atoms with Crippen molar-refractivity contribution in [1.29, 1.82) is 0 Å². The molecule has 1 fully saturated rings. The molecule has 31 heavy (non-hydrogen) atoms. The number of ether oxygens (including phenoxy) is 2. The predicted molar refractivity (Wildman–Crippen MR) is 112 cm³/mol. The van der Waals surface area contributed by atoms with Crippen LogP contribution < -0.4 is 0 Å². The second kappa shape index (κ2) is 12.7.